The summed E-state index contributed by atoms with van der Waals surface area (Å²) >= 11 is 0. The SMILES string of the molecule is Cc1cn2c(n1)CCC(C1CC1)=C2. The molecule has 2 heteroatoms. The fourth-order valence-corrected chi connectivity index (χ4v) is 2.13. The Bertz CT molecular complexity index is 369. The fraction of sp³-hybridized carbons (Fsp3) is 0.545. The zero-order valence-electron chi connectivity index (χ0n) is 7.95. The van der Waals surface area contributed by atoms with E-state index in [1.165, 1.54) is 25.1 Å². The number of allylic oxidation sites excluding steroid dienone is 1. The van der Waals surface area contributed by atoms with Gasteiger partial charge in [0.2, 0.25) is 0 Å². The molecule has 2 heterocycles. The van der Waals surface area contributed by atoms with E-state index in [0.29, 0.717) is 0 Å². The summed E-state index contributed by atoms with van der Waals surface area (Å²) in [4.78, 5) is 4.48. The van der Waals surface area contributed by atoms with Crippen LogP contribution in [0, 0.1) is 12.8 Å². The number of aromatic nitrogens is 2. The molecule has 2 aliphatic rings. The van der Waals surface area contributed by atoms with Crippen molar-refractivity contribution in [2.75, 3.05) is 0 Å². The van der Waals surface area contributed by atoms with Crippen molar-refractivity contribution in [2.24, 2.45) is 5.92 Å². The first-order chi connectivity index (χ1) is 6.33. The van der Waals surface area contributed by atoms with Gasteiger partial charge in [-0.2, -0.15) is 0 Å². The number of fused-ring (bicyclic) bond motifs is 1. The lowest BCUT2D eigenvalue weighted by molar-refractivity contribution is 0.756. The molecule has 0 unspecified atom stereocenters. The molecule has 1 aliphatic carbocycles. The van der Waals surface area contributed by atoms with Gasteiger partial charge < -0.3 is 4.57 Å². The quantitative estimate of drug-likeness (QED) is 0.639. The summed E-state index contributed by atoms with van der Waals surface area (Å²) in [6.45, 7) is 2.07. The normalized spacial score (nSPS) is 21.2. The van der Waals surface area contributed by atoms with Gasteiger partial charge in [0.15, 0.2) is 0 Å². The molecular weight excluding hydrogens is 160 g/mol. The Morgan fingerprint density at radius 2 is 2.23 bits per heavy atom. The summed E-state index contributed by atoms with van der Waals surface area (Å²) in [7, 11) is 0. The first kappa shape index (κ1) is 7.36. The molecule has 0 spiro atoms. The Balaban J connectivity index is 2.00. The lowest BCUT2D eigenvalue weighted by atomic mass is 10.0. The van der Waals surface area contributed by atoms with Crippen molar-refractivity contribution < 1.29 is 0 Å². The average Bonchev–Trinajstić information content (AvgIpc) is 2.87. The Labute approximate surface area is 78.3 Å². The van der Waals surface area contributed by atoms with Gasteiger partial charge in [0.25, 0.3) is 0 Å². The van der Waals surface area contributed by atoms with Crippen LogP contribution in [0.25, 0.3) is 6.20 Å². The summed E-state index contributed by atoms with van der Waals surface area (Å²) in [6.07, 6.45) is 9.63. The monoisotopic (exact) mass is 174 g/mol. The lowest BCUT2D eigenvalue weighted by Crippen LogP contribution is -2.05. The van der Waals surface area contributed by atoms with Gasteiger partial charge in [0, 0.05) is 18.8 Å². The summed E-state index contributed by atoms with van der Waals surface area (Å²) in [6, 6.07) is 0. The van der Waals surface area contributed by atoms with Crippen molar-refractivity contribution in [2.45, 2.75) is 32.6 Å². The number of rotatable bonds is 1. The predicted molar refractivity (Wildman–Crippen MR) is 52.3 cm³/mol. The maximum Gasteiger partial charge on any atom is 0.113 e. The van der Waals surface area contributed by atoms with Crippen molar-refractivity contribution >= 4 is 6.20 Å². The van der Waals surface area contributed by atoms with Gasteiger partial charge in [-0.05, 0) is 37.7 Å². The molecule has 0 saturated heterocycles. The molecule has 1 fully saturated rings. The van der Waals surface area contributed by atoms with E-state index in [1.807, 2.05) is 0 Å². The van der Waals surface area contributed by atoms with E-state index in [-0.39, 0.29) is 0 Å². The molecular formula is C11H14N2. The van der Waals surface area contributed by atoms with Gasteiger partial charge in [0.1, 0.15) is 5.82 Å². The van der Waals surface area contributed by atoms with E-state index in [2.05, 4.69) is 28.9 Å². The third kappa shape index (κ3) is 1.21. The molecule has 1 aromatic rings. The minimum atomic E-state index is 0.913. The molecule has 3 rings (SSSR count). The van der Waals surface area contributed by atoms with Crippen LogP contribution < -0.4 is 0 Å². The van der Waals surface area contributed by atoms with Crippen LogP contribution in [0.15, 0.2) is 11.8 Å². The van der Waals surface area contributed by atoms with Crippen molar-refractivity contribution in [1.82, 2.24) is 9.55 Å². The van der Waals surface area contributed by atoms with Gasteiger partial charge in [-0.3, -0.25) is 0 Å². The van der Waals surface area contributed by atoms with Crippen molar-refractivity contribution in [3.8, 4) is 0 Å². The predicted octanol–water partition coefficient (Wildman–Crippen LogP) is 2.39. The fourth-order valence-electron chi connectivity index (χ4n) is 2.13. The van der Waals surface area contributed by atoms with Gasteiger partial charge in [-0.1, -0.05) is 0 Å². The van der Waals surface area contributed by atoms with Gasteiger partial charge >= 0.3 is 0 Å². The van der Waals surface area contributed by atoms with Crippen LogP contribution in [0.4, 0.5) is 0 Å². The van der Waals surface area contributed by atoms with Crippen molar-refractivity contribution in [3.63, 3.8) is 0 Å². The molecule has 0 N–H and O–H groups in total. The molecule has 0 amide bonds. The van der Waals surface area contributed by atoms with E-state index in [0.717, 1.165) is 18.0 Å². The largest absolute Gasteiger partial charge is 0.310 e. The standard InChI is InChI=1S/C11H14N2/c1-8-6-13-7-10(9-2-3-9)4-5-11(13)12-8/h6-7,9H,2-5H2,1H3. The van der Waals surface area contributed by atoms with Crippen LogP contribution in [-0.4, -0.2) is 9.55 Å². The molecule has 1 aromatic heterocycles. The van der Waals surface area contributed by atoms with Crippen LogP contribution in [0.5, 0.6) is 0 Å². The molecule has 1 saturated carbocycles. The van der Waals surface area contributed by atoms with Crippen LogP contribution in [-0.2, 0) is 6.42 Å². The second-order valence-corrected chi connectivity index (χ2v) is 4.18. The summed E-state index contributed by atoms with van der Waals surface area (Å²) < 4.78 is 2.21. The second kappa shape index (κ2) is 2.47. The molecule has 0 bridgehead atoms. The van der Waals surface area contributed by atoms with Crippen LogP contribution in [0.1, 0.15) is 30.8 Å². The molecule has 0 radical (unpaired) electrons. The number of imidazole rings is 1. The number of hydrogen-bond donors (Lipinski definition) is 0. The molecule has 68 valence electrons. The number of hydrogen-bond acceptors (Lipinski definition) is 1. The smallest absolute Gasteiger partial charge is 0.113 e. The number of nitrogens with zero attached hydrogens (tertiary/aromatic N) is 2. The highest BCUT2D eigenvalue weighted by atomic mass is 15.1. The van der Waals surface area contributed by atoms with Crippen molar-refractivity contribution in [3.05, 3.63) is 23.3 Å². The average molecular weight is 174 g/mol. The highest BCUT2D eigenvalue weighted by Crippen LogP contribution is 2.40. The Morgan fingerprint density at radius 1 is 1.38 bits per heavy atom. The van der Waals surface area contributed by atoms with Gasteiger partial charge in [-0.25, -0.2) is 4.98 Å². The number of aryl methyl sites for hydroxylation is 2. The van der Waals surface area contributed by atoms with Crippen molar-refractivity contribution in [1.29, 1.82) is 0 Å². The Hall–Kier alpha value is -1.05. The topological polar surface area (TPSA) is 17.8 Å². The third-order valence-electron chi connectivity index (χ3n) is 2.97. The van der Waals surface area contributed by atoms with E-state index in [4.69, 9.17) is 0 Å². The van der Waals surface area contributed by atoms with E-state index in [9.17, 15) is 0 Å². The van der Waals surface area contributed by atoms with Crippen LogP contribution in [0.2, 0.25) is 0 Å². The highest BCUT2D eigenvalue weighted by Gasteiger charge is 2.27. The first-order valence-electron chi connectivity index (χ1n) is 5.08. The molecule has 13 heavy (non-hydrogen) atoms. The zero-order chi connectivity index (χ0) is 8.84. The molecule has 0 atom stereocenters. The minimum Gasteiger partial charge on any atom is -0.310 e. The third-order valence-corrected chi connectivity index (χ3v) is 2.97. The summed E-state index contributed by atoms with van der Waals surface area (Å²) in [5.74, 6) is 2.15. The maximum atomic E-state index is 4.48. The van der Waals surface area contributed by atoms with Crippen LogP contribution >= 0.6 is 0 Å². The molecule has 0 aromatic carbocycles. The van der Waals surface area contributed by atoms with Crippen LogP contribution in [0.3, 0.4) is 0 Å². The summed E-state index contributed by atoms with van der Waals surface area (Å²) in [5, 5.41) is 0. The zero-order valence-corrected chi connectivity index (χ0v) is 7.95. The lowest BCUT2D eigenvalue weighted by Gasteiger charge is -2.13. The second-order valence-electron chi connectivity index (χ2n) is 4.18. The highest BCUT2D eigenvalue weighted by molar-refractivity contribution is 5.39. The van der Waals surface area contributed by atoms with E-state index >= 15 is 0 Å². The molecule has 1 aliphatic heterocycles. The first-order valence-corrected chi connectivity index (χ1v) is 5.08. The Morgan fingerprint density at radius 3 is 3.00 bits per heavy atom. The molecule has 2 nitrogen and oxygen atoms in total. The van der Waals surface area contributed by atoms with Gasteiger partial charge in [-0.15, -0.1) is 0 Å². The maximum absolute atomic E-state index is 4.48. The Kier molecular flexibility index (Phi) is 1.40. The minimum absolute atomic E-state index is 0.913. The van der Waals surface area contributed by atoms with E-state index < -0.39 is 0 Å². The van der Waals surface area contributed by atoms with E-state index in [1.54, 1.807) is 5.57 Å². The van der Waals surface area contributed by atoms with Gasteiger partial charge in [0.05, 0.1) is 5.69 Å². The summed E-state index contributed by atoms with van der Waals surface area (Å²) in [5.41, 5.74) is 2.79.